The highest BCUT2D eigenvalue weighted by atomic mass is 32.1. The highest BCUT2D eigenvalue weighted by Crippen LogP contribution is 2.33. The SMILES string of the molecule is Nc1ccnc(-c2cc3cc(F)ccc3s2)c1. The molecule has 3 rings (SSSR count). The molecule has 0 amide bonds. The molecule has 17 heavy (non-hydrogen) atoms. The number of nitrogen functional groups attached to an aromatic ring is 1. The van der Waals surface area contributed by atoms with Gasteiger partial charge in [0, 0.05) is 16.6 Å². The fraction of sp³-hybridized carbons (Fsp3) is 0. The molecule has 0 aliphatic carbocycles. The molecule has 84 valence electrons. The Balaban J connectivity index is 2.18. The molecule has 2 aromatic heterocycles. The van der Waals surface area contributed by atoms with E-state index in [-0.39, 0.29) is 5.82 Å². The Bertz CT molecular complexity index is 691. The third kappa shape index (κ3) is 1.87. The van der Waals surface area contributed by atoms with Crippen molar-refractivity contribution in [2.24, 2.45) is 0 Å². The maximum absolute atomic E-state index is 13.1. The number of benzene rings is 1. The molecule has 0 fully saturated rings. The van der Waals surface area contributed by atoms with Crippen LogP contribution in [-0.2, 0) is 0 Å². The Morgan fingerprint density at radius 2 is 2.00 bits per heavy atom. The molecule has 1 aromatic carbocycles. The lowest BCUT2D eigenvalue weighted by molar-refractivity contribution is 0.630. The van der Waals surface area contributed by atoms with E-state index in [4.69, 9.17) is 5.73 Å². The first kappa shape index (κ1) is 10.2. The van der Waals surface area contributed by atoms with Crippen molar-refractivity contribution in [3.8, 4) is 10.6 Å². The number of fused-ring (bicyclic) bond motifs is 1. The molecule has 0 aliphatic rings. The molecular formula is C13H9FN2S. The summed E-state index contributed by atoms with van der Waals surface area (Å²) < 4.78 is 14.1. The van der Waals surface area contributed by atoms with Gasteiger partial charge in [-0.1, -0.05) is 0 Å². The minimum absolute atomic E-state index is 0.220. The third-order valence-corrected chi connectivity index (χ3v) is 3.65. The molecule has 2 nitrogen and oxygen atoms in total. The summed E-state index contributed by atoms with van der Waals surface area (Å²) in [7, 11) is 0. The van der Waals surface area contributed by atoms with Crippen LogP contribution in [0.25, 0.3) is 20.7 Å². The number of anilines is 1. The molecule has 0 unspecified atom stereocenters. The zero-order chi connectivity index (χ0) is 11.8. The number of nitrogens with two attached hydrogens (primary N) is 1. The number of hydrogen-bond acceptors (Lipinski definition) is 3. The quantitative estimate of drug-likeness (QED) is 0.709. The minimum Gasteiger partial charge on any atom is -0.399 e. The highest BCUT2D eigenvalue weighted by molar-refractivity contribution is 7.22. The van der Waals surface area contributed by atoms with Crippen LogP contribution >= 0.6 is 11.3 Å². The van der Waals surface area contributed by atoms with Crippen molar-refractivity contribution < 1.29 is 4.39 Å². The van der Waals surface area contributed by atoms with Crippen LogP contribution in [0, 0.1) is 5.82 Å². The Hall–Kier alpha value is -1.94. The average Bonchev–Trinajstić information content (AvgIpc) is 2.72. The number of aromatic nitrogens is 1. The number of rotatable bonds is 1. The lowest BCUT2D eigenvalue weighted by Crippen LogP contribution is -1.86. The van der Waals surface area contributed by atoms with E-state index < -0.39 is 0 Å². The van der Waals surface area contributed by atoms with Gasteiger partial charge in [-0.15, -0.1) is 11.3 Å². The normalized spacial score (nSPS) is 10.9. The summed E-state index contributed by atoms with van der Waals surface area (Å²) in [5, 5.41) is 0.897. The van der Waals surface area contributed by atoms with Gasteiger partial charge in [-0.05, 0) is 41.8 Å². The second-order valence-electron chi connectivity index (χ2n) is 3.77. The van der Waals surface area contributed by atoms with E-state index in [1.165, 1.54) is 12.1 Å². The van der Waals surface area contributed by atoms with Gasteiger partial charge in [-0.25, -0.2) is 4.39 Å². The predicted octanol–water partition coefficient (Wildman–Crippen LogP) is 3.68. The van der Waals surface area contributed by atoms with E-state index in [0.717, 1.165) is 20.7 Å². The Morgan fingerprint density at radius 3 is 2.82 bits per heavy atom. The van der Waals surface area contributed by atoms with Crippen LogP contribution in [0.15, 0.2) is 42.6 Å². The molecule has 2 N–H and O–H groups in total. The molecule has 0 spiro atoms. The van der Waals surface area contributed by atoms with Gasteiger partial charge >= 0.3 is 0 Å². The van der Waals surface area contributed by atoms with Crippen LogP contribution in [0.3, 0.4) is 0 Å². The van der Waals surface area contributed by atoms with Crippen molar-refractivity contribution in [3.63, 3.8) is 0 Å². The lowest BCUT2D eigenvalue weighted by atomic mass is 10.2. The zero-order valence-electron chi connectivity index (χ0n) is 8.85. The second kappa shape index (κ2) is 3.82. The minimum atomic E-state index is -0.220. The third-order valence-electron chi connectivity index (χ3n) is 2.51. The van der Waals surface area contributed by atoms with Gasteiger partial charge in [0.05, 0.1) is 10.6 Å². The van der Waals surface area contributed by atoms with Crippen LogP contribution < -0.4 is 5.73 Å². The number of thiophene rings is 1. The fourth-order valence-corrected chi connectivity index (χ4v) is 2.73. The lowest BCUT2D eigenvalue weighted by Gasteiger charge is -1.96. The summed E-state index contributed by atoms with van der Waals surface area (Å²) in [6.07, 6.45) is 1.68. The molecule has 0 atom stereocenters. The first-order valence-electron chi connectivity index (χ1n) is 5.13. The van der Waals surface area contributed by atoms with Crippen LogP contribution in [0.1, 0.15) is 0 Å². The van der Waals surface area contributed by atoms with Crippen molar-refractivity contribution in [3.05, 3.63) is 48.4 Å². The molecule has 3 aromatic rings. The Morgan fingerprint density at radius 1 is 1.12 bits per heavy atom. The van der Waals surface area contributed by atoms with Crippen molar-refractivity contribution in [1.29, 1.82) is 0 Å². The summed E-state index contributed by atoms with van der Waals surface area (Å²) >= 11 is 1.58. The highest BCUT2D eigenvalue weighted by Gasteiger charge is 2.06. The van der Waals surface area contributed by atoms with E-state index in [1.54, 1.807) is 29.7 Å². The molecule has 0 aliphatic heterocycles. The van der Waals surface area contributed by atoms with E-state index in [0.29, 0.717) is 5.69 Å². The molecule has 0 radical (unpaired) electrons. The first-order valence-corrected chi connectivity index (χ1v) is 5.95. The van der Waals surface area contributed by atoms with Crippen LogP contribution in [0.2, 0.25) is 0 Å². The number of hydrogen-bond donors (Lipinski definition) is 1. The zero-order valence-corrected chi connectivity index (χ0v) is 9.67. The summed E-state index contributed by atoms with van der Waals surface area (Å²) in [5.41, 5.74) is 7.22. The summed E-state index contributed by atoms with van der Waals surface area (Å²) in [5.74, 6) is -0.220. The monoisotopic (exact) mass is 244 g/mol. The van der Waals surface area contributed by atoms with Gasteiger partial charge in [0.1, 0.15) is 5.82 Å². The van der Waals surface area contributed by atoms with Crippen molar-refractivity contribution in [1.82, 2.24) is 4.98 Å². The van der Waals surface area contributed by atoms with E-state index in [1.807, 2.05) is 12.1 Å². The molecular weight excluding hydrogens is 235 g/mol. The fourth-order valence-electron chi connectivity index (χ4n) is 1.72. The standard InChI is InChI=1S/C13H9FN2S/c14-9-1-2-12-8(5-9)6-13(17-12)11-7-10(15)3-4-16-11/h1-7H,(H2,15,16). The summed E-state index contributed by atoms with van der Waals surface area (Å²) in [4.78, 5) is 5.26. The summed E-state index contributed by atoms with van der Waals surface area (Å²) in [6, 6.07) is 10.3. The van der Waals surface area contributed by atoms with Gasteiger partial charge in [0.25, 0.3) is 0 Å². The average molecular weight is 244 g/mol. The van der Waals surface area contributed by atoms with Gasteiger partial charge in [-0.2, -0.15) is 0 Å². The summed E-state index contributed by atoms with van der Waals surface area (Å²) in [6.45, 7) is 0. The largest absolute Gasteiger partial charge is 0.399 e. The predicted molar refractivity (Wildman–Crippen MR) is 69.4 cm³/mol. The topological polar surface area (TPSA) is 38.9 Å². The first-order chi connectivity index (χ1) is 8.22. The van der Waals surface area contributed by atoms with Gasteiger partial charge in [-0.3, -0.25) is 4.98 Å². The molecule has 2 heterocycles. The van der Waals surface area contributed by atoms with Crippen molar-refractivity contribution >= 4 is 27.1 Å². The maximum atomic E-state index is 13.1. The molecule has 0 saturated heterocycles. The van der Waals surface area contributed by atoms with E-state index in [9.17, 15) is 4.39 Å². The smallest absolute Gasteiger partial charge is 0.123 e. The van der Waals surface area contributed by atoms with Crippen molar-refractivity contribution in [2.45, 2.75) is 0 Å². The van der Waals surface area contributed by atoms with Crippen LogP contribution in [0.5, 0.6) is 0 Å². The van der Waals surface area contributed by atoms with Gasteiger partial charge in [0.2, 0.25) is 0 Å². The number of halogens is 1. The molecule has 4 heteroatoms. The van der Waals surface area contributed by atoms with Crippen LogP contribution in [0.4, 0.5) is 10.1 Å². The number of nitrogens with zero attached hydrogens (tertiary/aromatic N) is 1. The molecule has 0 bridgehead atoms. The Labute approximate surface area is 102 Å². The maximum Gasteiger partial charge on any atom is 0.123 e. The van der Waals surface area contributed by atoms with Gasteiger partial charge < -0.3 is 5.73 Å². The van der Waals surface area contributed by atoms with Gasteiger partial charge in [0.15, 0.2) is 0 Å². The Kier molecular flexibility index (Phi) is 2.30. The van der Waals surface area contributed by atoms with E-state index >= 15 is 0 Å². The second-order valence-corrected chi connectivity index (χ2v) is 4.85. The molecule has 0 saturated carbocycles. The van der Waals surface area contributed by atoms with Crippen LogP contribution in [-0.4, -0.2) is 4.98 Å². The number of pyridine rings is 1. The van der Waals surface area contributed by atoms with E-state index in [2.05, 4.69) is 4.98 Å². The van der Waals surface area contributed by atoms with Crippen molar-refractivity contribution in [2.75, 3.05) is 5.73 Å².